The summed E-state index contributed by atoms with van der Waals surface area (Å²) >= 11 is 0. The second-order valence-corrected chi connectivity index (χ2v) is 8.20. The normalized spacial score (nSPS) is 19.9. The molecule has 1 unspecified atom stereocenters. The molecule has 0 aliphatic heterocycles. The molecule has 1 atom stereocenters. The van der Waals surface area contributed by atoms with Crippen molar-refractivity contribution in [2.75, 3.05) is 11.4 Å². The van der Waals surface area contributed by atoms with Gasteiger partial charge in [0, 0.05) is 16.7 Å². The molecule has 0 saturated heterocycles. The molecule has 2 aromatic carbocycles. The van der Waals surface area contributed by atoms with Crippen molar-refractivity contribution in [2.45, 2.75) is 23.8 Å². The lowest BCUT2D eigenvalue weighted by molar-refractivity contribution is -0.520. The van der Waals surface area contributed by atoms with Crippen molar-refractivity contribution in [1.82, 2.24) is 0 Å². The highest BCUT2D eigenvalue weighted by molar-refractivity contribution is 7.93. The molecule has 0 aromatic heterocycles. The van der Waals surface area contributed by atoms with Crippen molar-refractivity contribution in [2.24, 2.45) is 0 Å². The van der Waals surface area contributed by atoms with E-state index in [0.717, 1.165) is 23.2 Å². The molecule has 1 aliphatic carbocycles. The van der Waals surface area contributed by atoms with Gasteiger partial charge in [-0.15, -0.1) is 0 Å². The minimum atomic E-state index is -4.05. The number of anilines is 1. The highest BCUT2D eigenvalue weighted by Gasteiger charge is 2.70. The summed E-state index contributed by atoms with van der Waals surface area (Å²) in [4.78, 5) is 22.7. The number of methoxy groups -OCH3 is 1. The van der Waals surface area contributed by atoms with E-state index in [1.165, 1.54) is 12.1 Å². The average Bonchev–Trinajstić information content (AvgIpc) is 3.42. The topological polar surface area (TPSA) is 107 Å². The van der Waals surface area contributed by atoms with E-state index in [1.807, 2.05) is 6.92 Å². The largest absolute Gasteiger partial charge is 0.463 e. The van der Waals surface area contributed by atoms with Crippen LogP contribution in [-0.4, -0.2) is 32.0 Å². The molecule has 146 valence electrons. The lowest BCUT2D eigenvalue weighted by atomic mass is 10.2. The number of nitrogens with zero attached hydrogens (tertiary/aromatic N) is 2. The third-order valence-electron chi connectivity index (χ3n) is 4.55. The molecule has 0 bridgehead atoms. The summed E-state index contributed by atoms with van der Waals surface area (Å²) in [7, 11) is -2.99. The summed E-state index contributed by atoms with van der Waals surface area (Å²) in [5, 5.41) is 11.5. The second-order valence-electron chi connectivity index (χ2n) is 6.39. The van der Waals surface area contributed by atoms with Crippen molar-refractivity contribution in [1.29, 1.82) is 0 Å². The Kier molecular flexibility index (Phi) is 4.95. The first kappa shape index (κ1) is 19.6. The first-order valence-corrected chi connectivity index (χ1v) is 9.77. The summed E-state index contributed by atoms with van der Waals surface area (Å²) in [6, 6.07) is 14.4. The zero-order valence-electron chi connectivity index (χ0n) is 15.2. The number of carbonyl (C=O) groups excluding carboxylic acids is 1. The zero-order chi connectivity index (χ0) is 20.5. The monoisotopic (exact) mass is 402 g/mol. The van der Waals surface area contributed by atoms with E-state index in [1.54, 1.807) is 42.5 Å². The van der Waals surface area contributed by atoms with Crippen LogP contribution in [0.3, 0.4) is 0 Å². The number of rotatable bonds is 6. The molecular weight excluding hydrogens is 384 g/mol. The second kappa shape index (κ2) is 7.08. The van der Waals surface area contributed by atoms with Gasteiger partial charge in [-0.1, -0.05) is 35.9 Å². The van der Waals surface area contributed by atoms with Gasteiger partial charge in [0.05, 0.1) is 24.1 Å². The Labute approximate surface area is 162 Å². The third-order valence-corrected chi connectivity index (χ3v) is 6.25. The van der Waals surface area contributed by atoms with Crippen LogP contribution in [-0.2, 0) is 19.6 Å². The number of carbonyl (C=O) groups is 1. The summed E-state index contributed by atoms with van der Waals surface area (Å²) in [5.74, 6) is -1.02. The van der Waals surface area contributed by atoms with Crippen molar-refractivity contribution < 1.29 is 22.9 Å². The van der Waals surface area contributed by atoms with Crippen molar-refractivity contribution in [3.8, 4) is 0 Å². The number of hydrogen-bond acceptors (Lipinski definition) is 6. The number of sulfonamides is 1. The molecule has 0 spiro atoms. The maximum Gasteiger partial charge on any atom is 0.389 e. The first-order chi connectivity index (χ1) is 13.2. The highest BCUT2D eigenvalue weighted by atomic mass is 32.2. The van der Waals surface area contributed by atoms with Gasteiger partial charge in [-0.2, -0.15) is 0 Å². The molecule has 0 radical (unpaired) electrons. The van der Waals surface area contributed by atoms with Gasteiger partial charge in [-0.25, -0.2) is 17.5 Å². The molecule has 0 N–H and O–H groups in total. The number of benzene rings is 2. The molecular formula is C19H18N2O6S. The Morgan fingerprint density at radius 2 is 1.79 bits per heavy atom. The Morgan fingerprint density at radius 3 is 2.32 bits per heavy atom. The van der Waals surface area contributed by atoms with Crippen LogP contribution in [0.2, 0.25) is 0 Å². The number of esters is 1. The van der Waals surface area contributed by atoms with Crippen LogP contribution in [0.15, 0.2) is 71.3 Å². The van der Waals surface area contributed by atoms with Gasteiger partial charge in [0.15, 0.2) is 0 Å². The first-order valence-electron chi connectivity index (χ1n) is 8.33. The third kappa shape index (κ3) is 3.24. The quantitative estimate of drug-likeness (QED) is 0.418. The predicted molar refractivity (Wildman–Crippen MR) is 102 cm³/mol. The van der Waals surface area contributed by atoms with E-state index < -0.39 is 26.5 Å². The van der Waals surface area contributed by atoms with Gasteiger partial charge >= 0.3 is 11.5 Å². The molecule has 1 saturated carbocycles. The van der Waals surface area contributed by atoms with Crippen LogP contribution in [0.25, 0.3) is 0 Å². The van der Waals surface area contributed by atoms with Gasteiger partial charge in [0.25, 0.3) is 10.0 Å². The standard InChI is InChI=1S/C19H18N2O6S/c1-14-8-10-17(11-9-14)28(25,26)20(16-6-4-3-5-7-16)13-15-12-19(15,21(23)24)18(22)27-2/h3-11,13H,12H2,1-2H3/b15-13+. The van der Waals surface area contributed by atoms with Crippen LogP contribution >= 0.6 is 0 Å². The molecule has 0 amide bonds. The fourth-order valence-electron chi connectivity index (χ4n) is 2.84. The van der Waals surface area contributed by atoms with Gasteiger partial charge in [0.2, 0.25) is 0 Å². The number of para-hydroxylation sites is 1. The predicted octanol–water partition coefficient (Wildman–Crippen LogP) is 2.67. The van der Waals surface area contributed by atoms with E-state index in [2.05, 4.69) is 4.74 Å². The van der Waals surface area contributed by atoms with E-state index >= 15 is 0 Å². The van der Waals surface area contributed by atoms with Crippen molar-refractivity contribution in [3.63, 3.8) is 0 Å². The Morgan fingerprint density at radius 1 is 1.18 bits per heavy atom. The summed E-state index contributed by atoms with van der Waals surface area (Å²) in [5.41, 5.74) is -0.790. The fourth-order valence-corrected chi connectivity index (χ4v) is 4.21. The van der Waals surface area contributed by atoms with Crippen LogP contribution in [0.1, 0.15) is 12.0 Å². The van der Waals surface area contributed by atoms with Crippen LogP contribution in [0, 0.1) is 17.0 Å². The molecule has 1 fully saturated rings. The fraction of sp³-hybridized carbons (Fsp3) is 0.211. The number of hydrogen-bond donors (Lipinski definition) is 0. The smallest absolute Gasteiger partial charge is 0.389 e. The maximum absolute atomic E-state index is 13.2. The number of ether oxygens (including phenoxy) is 1. The Bertz CT molecular complexity index is 1050. The molecule has 0 heterocycles. The Hall–Kier alpha value is -3.20. The van der Waals surface area contributed by atoms with E-state index in [4.69, 9.17) is 0 Å². The van der Waals surface area contributed by atoms with Crippen molar-refractivity contribution in [3.05, 3.63) is 82.0 Å². The highest BCUT2D eigenvalue weighted by Crippen LogP contribution is 2.47. The molecule has 28 heavy (non-hydrogen) atoms. The van der Waals surface area contributed by atoms with Gasteiger partial charge in [-0.05, 0) is 31.2 Å². The summed E-state index contributed by atoms with van der Waals surface area (Å²) < 4.78 is 32.0. The average molecular weight is 402 g/mol. The molecule has 8 nitrogen and oxygen atoms in total. The van der Waals surface area contributed by atoms with E-state index in [0.29, 0.717) is 5.69 Å². The minimum absolute atomic E-state index is 0.0317. The zero-order valence-corrected chi connectivity index (χ0v) is 16.0. The van der Waals surface area contributed by atoms with Gasteiger partial charge in [-0.3, -0.25) is 10.1 Å². The van der Waals surface area contributed by atoms with E-state index in [-0.39, 0.29) is 16.9 Å². The van der Waals surface area contributed by atoms with Crippen LogP contribution in [0.4, 0.5) is 5.69 Å². The molecule has 1 aliphatic rings. The number of nitro groups is 1. The van der Waals surface area contributed by atoms with E-state index in [9.17, 15) is 23.3 Å². The summed E-state index contributed by atoms with van der Waals surface area (Å²) in [6.07, 6.45) is 0.934. The van der Waals surface area contributed by atoms with Crippen LogP contribution in [0.5, 0.6) is 0 Å². The van der Waals surface area contributed by atoms with Crippen LogP contribution < -0.4 is 4.31 Å². The molecule has 9 heteroatoms. The lowest BCUT2D eigenvalue weighted by Gasteiger charge is -2.21. The van der Waals surface area contributed by atoms with Gasteiger partial charge in [0.1, 0.15) is 0 Å². The maximum atomic E-state index is 13.2. The van der Waals surface area contributed by atoms with Gasteiger partial charge < -0.3 is 4.74 Å². The molecule has 3 rings (SSSR count). The molecule has 2 aromatic rings. The SMILES string of the molecule is COC(=O)C1([N+](=O)[O-])C/C1=C\N(c1ccccc1)S(=O)(=O)c1ccc(C)cc1. The summed E-state index contributed by atoms with van der Waals surface area (Å²) in [6.45, 7) is 1.83. The number of aryl methyl sites for hydroxylation is 1. The minimum Gasteiger partial charge on any atom is -0.463 e. The Balaban J connectivity index is 2.11. The van der Waals surface area contributed by atoms with Crippen molar-refractivity contribution >= 4 is 21.7 Å². The lowest BCUT2D eigenvalue weighted by Crippen LogP contribution is -2.34.